The molecule has 0 aliphatic carbocycles. The minimum Gasteiger partial charge on any atom is -0.378 e. The smallest absolute Gasteiger partial charge is 0.258 e. The predicted octanol–water partition coefficient (Wildman–Crippen LogP) is 2.98. The molecule has 0 radical (unpaired) electrons. The summed E-state index contributed by atoms with van der Waals surface area (Å²) >= 11 is 1.29. The molecule has 2 N–H and O–H groups in total. The van der Waals surface area contributed by atoms with Gasteiger partial charge in [-0.05, 0) is 43.4 Å². The Bertz CT molecular complexity index is 760. The van der Waals surface area contributed by atoms with Gasteiger partial charge in [-0.3, -0.25) is 9.59 Å². The molecular weight excluding hydrogens is 336 g/mol. The van der Waals surface area contributed by atoms with E-state index in [1.54, 1.807) is 11.9 Å². The monoisotopic (exact) mass is 358 g/mol. The van der Waals surface area contributed by atoms with Gasteiger partial charge in [-0.1, -0.05) is 18.2 Å². The lowest BCUT2D eigenvalue weighted by molar-refractivity contribution is -0.121. The number of aromatic nitrogens is 1. The minimum atomic E-state index is -0.192. The van der Waals surface area contributed by atoms with Gasteiger partial charge in [0, 0.05) is 25.8 Å². The van der Waals surface area contributed by atoms with E-state index < -0.39 is 0 Å². The Balaban J connectivity index is 1.69. The van der Waals surface area contributed by atoms with Gasteiger partial charge in [0.2, 0.25) is 5.91 Å². The molecular formula is C18H22N4O2S. The molecule has 1 fully saturated rings. The molecule has 0 spiro atoms. The maximum Gasteiger partial charge on any atom is 0.258 e. The number of nitrogens with zero attached hydrogens (tertiary/aromatic N) is 2. The number of benzene rings is 1. The summed E-state index contributed by atoms with van der Waals surface area (Å²) in [7, 11) is 1.79. The molecule has 7 heteroatoms. The molecule has 25 heavy (non-hydrogen) atoms. The molecule has 1 aromatic heterocycles. The zero-order valence-corrected chi connectivity index (χ0v) is 15.2. The summed E-state index contributed by atoms with van der Waals surface area (Å²) in [5.74, 6) is -0.270. The molecule has 0 saturated carbocycles. The first-order chi connectivity index (χ1) is 12.1. The normalized spacial score (nSPS) is 17.2. The summed E-state index contributed by atoms with van der Waals surface area (Å²) in [6.45, 7) is 2.95. The number of carbonyl (C=O) groups excluding carboxylic acids is 2. The maximum absolute atomic E-state index is 12.9. The van der Waals surface area contributed by atoms with E-state index in [0.29, 0.717) is 18.7 Å². The van der Waals surface area contributed by atoms with Crippen LogP contribution in [0.15, 0.2) is 30.3 Å². The first-order valence-corrected chi connectivity index (χ1v) is 9.16. The molecule has 2 aromatic rings. The fraction of sp³-hybridized carbons (Fsp3) is 0.389. The van der Waals surface area contributed by atoms with Crippen molar-refractivity contribution in [2.75, 3.05) is 30.8 Å². The van der Waals surface area contributed by atoms with Crippen molar-refractivity contribution in [3.8, 4) is 0 Å². The topological polar surface area (TPSA) is 74.3 Å². The standard InChI is InChI=1S/C18H22N4O2S/c1-12-15(17(19-2)25-21-12)18(24)22-10-6-7-13(11-22)16(23)20-14-8-4-3-5-9-14/h3-5,8-9,13,19H,6-7,10-11H2,1-2H3,(H,20,23)/t13-/m0/s1. The Morgan fingerprint density at radius 2 is 2.04 bits per heavy atom. The molecule has 6 nitrogen and oxygen atoms in total. The van der Waals surface area contributed by atoms with Crippen LogP contribution in [0.5, 0.6) is 0 Å². The van der Waals surface area contributed by atoms with Crippen LogP contribution in [0.1, 0.15) is 28.9 Å². The van der Waals surface area contributed by atoms with E-state index in [9.17, 15) is 9.59 Å². The molecule has 1 atom stereocenters. The Morgan fingerprint density at radius 1 is 1.28 bits per heavy atom. The SMILES string of the molecule is CNc1snc(C)c1C(=O)N1CCC[C@H](C(=O)Nc2ccccc2)C1. The summed E-state index contributed by atoms with van der Waals surface area (Å²) in [5.41, 5.74) is 2.14. The number of hydrogen-bond donors (Lipinski definition) is 2. The van der Waals surface area contributed by atoms with Crippen LogP contribution in [0.3, 0.4) is 0 Å². The van der Waals surface area contributed by atoms with Crippen LogP contribution in [0.25, 0.3) is 0 Å². The molecule has 1 aliphatic rings. The van der Waals surface area contributed by atoms with Crippen molar-refractivity contribution in [2.24, 2.45) is 5.92 Å². The molecule has 3 rings (SSSR count). The molecule has 2 heterocycles. The van der Waals surface area contributed by atoms with Crippen molar-refractivity contribution < 1.29 is 9.59 Å². The van der Waals surface area contributed by atoms with Gasteiger partial charge in [0.15, 0.2) is 0 Å². The van der Waals surface area contributed by atoms with Crippen LogP contribution in [0.2, 0.25) is 0 Å². The molecule has 0 bridgehead atoms. The van der Waals surface area contributed by atoms with Gasteiger partial charge >= 0.3 is 0 Å². The average Bonchev–Trinajstić information content (AvgIpc) is 3.02. The number of nitrogens with one attached hydrogen (secondary N) is 2. The van der Waals surface area contributed by atoms with Crippen molar-refractivity contribution in [1.29, 1.82) is 0 Å². The van der Waals surface area contributed by atoms with Crippen LogP contribution in [0, 0.1) is 12.8 Å². The zero-order valence-electron chi connectivity index (χ0n) is 14.4. The molecule has 1 saturated heterocycles. The molecule has 132 valence electrons. The number of hydrogen-bond acceptors (Lipinski definition) is 5. The summed E-state index contributed by atoms with van der Waals surface area (Å²) in [6, 6.07) is 9.41. The second-order valence-electron chi connectivity index (χ2n) is 6.17. The second-order valence-corrected chi connectivity index (χ2v) is 6.94. The first-order valence-electron chi connectivity index (χ1n) is 8.39. The summed E-state index contributed by atoms with van der Waals surface area (Å²) < 4.78 is 4.27. The molecule has 2 amide bonds. The Morgan fingerprint density at radius 3 is 2.76 bits per heavy atom. The quantitative estimate of drug-likeness (QED) is 0.881. The highest BCUT2D eigenvalue weighted by molar-refractivity contribution is 7.10. The number of anilines is 2. The minimum absolute atomic E-state index is 0.0299. The van der Waals surface area contributed by atoms with E-state index >= 15 is 0 Å². The fourth-order valence-electron chi connectivity index (χ4n) is 3.09. The van der Waals surface area contributed by atoms with Gasteiger partial charge in [-0.2, -0.15) is 4.37 Å². The van der Waals surface area contributed by atoms with Crippen LogP contribution in [0.4, 0.5) is 10.7 Å². The third kappa shape index (κ3) is 3.82. The Kier molecular flexibility index (Phi) is 5.33. The maximum atomic E-state index is 12.9. The van der Waals surface area contributed by atoms with Gasteiger partial charge in [0.1, 0.15) is 5.00 Å². The van der Waals surface area contributed by atoms with Crippen LogP contribution in [-0.4, -0.2) is 41.2 Å². The first kappa shape index (κ1) is 17.4. The number of carbonyl (C=O) groups is 2. The average molecular weight is 358 g/mol. The highest BCUT2D eigenvalue weighted by Gasteiger charge is 2.31. The summed E-state index contributed by atoms with van der Waals surface area (Å²) in [5, 5.41) is 6.75. The Labute approximate surface area is 151 Å². The number of amides is 2. The fourth-order valence-corrected chi connectivity index (χ4v) is 3.83. The molecule has 1 aromatic carbocycles. The van der Waals surface area contributed by atoms with E-state index in [4.69, 9.17) is 0 Å². The largest absolute Gasteiger partial charge is 0.378 e. The van der Waals surface area contributed by atoms with Gasteiger partial charge in [0.25, 0.3) is 5.91 Å². The highest BCUT2D eigenvalue weighted by atomic mass is 32.1. The number of piperidine rings is 1. The lowest BCUT2D eigenvalue weighted by Crippen LogP contribution is -2.44. The van der Waals surface area contributed by atoms with E-state index in [-0.39, 0.29) is 17.7 Å². The second kappa shape index (κ2) is 7.65. The Hall–Kier alpha value is -2.41. The highest BCUT2D eigenvalue weighted by Crippen LogP contribution is 2.28. The third-order valence-corrected chi connectivity index (χ3v) is 5.38. The lowest BCUT2D eigenvalue weighted by Gasteiger charge is -2.32. The molecule has 0 unspecified atom stereocenters. The van der Waals surface area contributed by atoms with E-state index in [0.717, 1.165) is 29.2 Å². The van der Waals surface area contributed by atoms with Crippen LogP contribution < -0.4 is 10.6 Å². The third-order valence-electron chi connectivity index (χ3n) is 4.42. The van der Waals surface area contributed by atoms with E-state index in [1.807, 2.05) is 37.3 Å². The van der Waals surface area contributed by atoms with Gasteiger partial charge < -0.3 is 15.5 Å². The van der Waals surface area contributed by atoms with Gasteiger partial charge in [-0.25, -0.2) is 0 Å². The van der Waals surface area contributed by atoms with Crippen molar-refractivity contribution >= 4 is 34.0 Å². The number of aryl methyl sites for hydroxylation is 1. The lowest BCUT2D eigenvalue weighted by atomic mass is 9.96. The van der Waals surface area contributed by atoms with Crippen molar-refractivity contribution in [3.05, 3.63) is 41.6 Å². The number of para-hydroxylation sites is 1. The van der Waals surface area contributed by atoms with E-state index in [2.05, 4.69) is 15.0 Å². The summed E-state index contributed by atoms with van der Waals surface area (Å²) in [4.78, 5) is 27.2. The predicted molar refractivity (Wildman–Crippen MR) is 100 cm³/mol. The summed E-state index contributed by atoms with van der Waals surface area (Å²) in [6.07, 6.45) is 1.62. The number of likely N-dealkylation sites (tertiary alicyclic amines) is 1. The van der Waals surface area contributed by atoms with Crippen molar-refractivity contribution in [1.82, 2.24) is 9.27 Å². The van der Waals surface area contributed by atoms with Crippen molar-refractivity contribution in [2.45, 2.75) is 19.8 Å². The molecule has 1 aliphatic heterocycles. The number of rotatable bonds is 4. The van der Waals surface area contributed by atoms with Crippen LogP contribution in [-0.2, 0) is 4.79 Å². The van der Waals surface area contributed by atoms with Crippen LogP contribution >= 0.6 is 11.5 Å². The van der Waals surface area contributed by atoms with E-state index in [1.165, 1.54) is 11.5 Å². The van der Waals surface area contributed by atoms with Crippen molar-refractivity contribution in [3.63, 3.8) is 0 Å². The zero-order chi connectivity index (χ0) is 17.8. The van der Waals surface area contributed by atoms with Gasteiger partial charge in [0.05, 0.1) is 17.2 Å². The van der Waals surface area contributed by atoms with Gasteiger partial charge in [-0.15, -0.1) is 0 Å².